The maximum Gasteiger partial charge on any atom is 0.261 e. The highest BCUT2D eigenvalue weighted by atomic mass is 16.6. The molecule has 0 aliphatic carbocycles. The number of aromatic amines is 1. The molecule has 1 aliphatic rings. The fourth-order valence-electron chi connectivity index (χ4n) is 3.98. The zero-order valence-corrected chi connectivity index (χ0v) is 16.6. The van der Waals surface area contributed by atoms with Crippen molar-refractivity contribution in [1.29, 1.82) is 0 Å². The standard InChI is InChI=1S/C22H18N4O4/c1-25-21(27)14-10-16-18(11-15(14)22(25)28)26(30-3)20(19(16)17-8-9-23-24-17)12-4-6-13(29-2)7-5-12/h4-11H,1-3H3,(H,23,24). The number of imide groups is 1. The van der Waals surface area contributed by atoms with E-state index in [1.807, 2.05) is 30.3 Å². The molecule has 8 heteroatoms. The first-order valence-corrected chi connectivity index (χ1v) is 9.28. The number of hydrogen-bond acceptors (Lipinski definition) is 5. The molecule has 30 heavy (non-hydrogen) atoms. The number of amides is 2. The average Bonchev–Trinajstić information content (AvgIpc) is 3.46. The molecule has 0 atom stereocenters. The number of carbonyl (C=O) groups excluding carboxylic acids is 2. The molecule has 4 aromatic rings. The van der Waals surface area contributed by atoms with Gasteiger partial charge in [-0.25, -0.2) is 0 Å². The second kappa shape index (κ2) is 6.48. The number of rotatable bonds is 4. The summed E-state index contributed by atoms with van der Waals surface area (Å²) in [5, 5.41) is 7.88. The summed E-state index contributed by atoms with van der Waals surface area (Å²) in [6.45, 7) is 0. The Labute approximate surface area is 171 Å². The molecule has 3 heterocycles. The van der Waals surface area contributed by atoms with Gasteiger partial charge in [0.15, 0.2) is 0 Å². The van der Waals surface area contributed by atoms with Crippen LogP contribution >= 0.6 is 0 Å². The van der Waals surface area contributed by atoms with Gasteiger partial charge in [0.05, 0.1) is 35.1 Å². The summed E-state index contributed by atoms with van der Waals surface area (Å²) in [6, 6.07) is 12.9. The molecule has 0 bridgehead atoms. The average molecular weight is 402 g/mol. The van der Waals surface area contributed by atoms with Gasteiger partial charge in [0.2, 0.25) is 0 Å². The number of aromatic nitrogens is 3. The second-order valence-electron chi connectivity index (χ2n) is 6.98. The van der Waals surface area contributed by atoms with E-state index in [2.05, 4.69) is 10.2 Å². The summed E-state index contributed by atoms with van der Waals surface area (Å²) < 4.78 is 6.95. The fourth-order valence-corrected chi connectivity index (χ4v) is 3.98. The third-order valence-corrected chi connectivity index (χ3v) is 5.45. The van der Waals surface area contributed by atoms with Gasteiger partial charge in [0.1, 0.15) is 12.9 Å². The Balaban J connectivity index is 1.88. The Morgan fingerprint density at radius 3 is 2.27 bits per heavy atom. The zero-order chi connectivity index (χ0) is 21.0. The third kappa shape index (κ3) is 2.37. The van der Waals surface area contributed by atoms with Crippen LogP contribution in [0.1, 0.15) is 20.7 Å². The molecular weight excluding hydrogens is 384 g/mol. The van der Waals surface area contributed by atoms with E-state index < -0.39 is 0 Å². The SMILES string of the molecule is COc1ccc(-c2c(-c3ccn[nH]3)c3cc4c(cc3n2OC)C(=O)N(C)C4=O)cc1. The lowest BCUT2D eigenvalue weighted by molar-refractivity contribution is 0.0693. The van der Waals surface area contributed by atoms with Crippen LogP contribution < -0.4 is 9.57 Å². The number of nitrogens with one attached hydrogen (secondary N) is 1. The summed E-state index contributed by atoms with van der Waals surface area (Å²) in [5.41, 5.74) is 4.68. The first kappa shape index (κ1) is 18.0. The zero-order valence-electron chi connectivity index (χ0n) is 16.6. The van der Waals surface area contributed by atoms with Crippen molar-refractivity contribution in [3.8, 4) is 28.3 Å². The maximum atomic E-state index is 12.6. The quantitative estimate of drug-likeness (QED) is 0.530. The van der Waals surface area contributed by atoms with Crippen molar-refractivity contribution in [1.82, 2.24) is 19.8 Å². The van der Waals surface area contributed by atoms with E-state index in [0.717, 1.165) is 38.6 Å². The number of methoxy groups -OCH3 is 1. The predicted octanol–water partition coefficient (Wildman–Crippen LogP) is 2.99. The summed E-state index contributed by atoms with van der Waals surface area (Å²) in [5.74, 6) is 0.0959. The molecule has 2 amide bonds. The summed E-state index contributed by atoms with van der Waals surface area (Å²) in [7, 11) is 4.66. The van der Waals surface area contributed by atoms with E-state index in [4.69, 9.17) is 9.57 Å². The molecule has 1 N–H and O–H groups in total. The Hall–Kier alpha value is -4.07. The monoisotopic (exact) mass is 402 g/mol. The molecule has 0 saturated carbocycles. The van der Waals surface area contributed by atoms with Gasteiger partial charge < -0.3 is 9.57 Å². The Bertz CT molecular complexity index is 1300. The number of hydrogen-bond donors (Lipinski definition) is 1. The number of benzene rings is 2. The Kier molecular flexibility index (Phi) is 3.89. The summed E-state index contributed by atoms with van der Waals surface area (Å²) in [6.07, 6.45) is 1.67. The van der Waals surface area contributed by atoms with Gasteiger partial charge >= 0.3 is 0 Å². The smallest absolute Gasteiger partial charge is 0.261 e. The van der Waals surface area contributed by atoms with E-state index >= 15 is 0 Å². The highest BCUT2D eigenvalue weighted by Gasteiger charge is 2.35. The van der Waals surface area contributed by atoms with E-state index in [0.29, 0.717) is 16.6 Å². The minimum atomic E-state index is -0.324. The first-order valence-electron chi connectivity index (χ1n) is 9.28. The van der Waals surface area contributed by atoms with Crippen molar-refractivity contribution in [3.63, 3.8) is 0 Å². The minimum absolute atomic E-state index is 0.316. The van der Waals surface area contributed by atoms with Gasteiger partial charge in [-0.1, -0.05) is 0 Å². The molecule has 0 saturated heterocycles. The van der Waals surface area contributed by atoms with Crippen molar-refractivity contribution >= 4 is 22.7 Å². The van der Waals surface area contributed by atoms with Gasteiger partial charge in [-0.15, -0.1) is 0 Å². The molecule has 8 nitrogen and oxygen atoms in total. The molecular formula is C22H18N4O4. The van der Waals surface area contributed by atoms with Crippen LogP contribution in [0.4, 0.5) is 0 Å². The Morgan fingerprint density at radius 2 is 1.67 bits per heavy atom. The van der Waals surface area contributed by atoms with Gasteiger partial charge in [-0.05, 0) is 42.5 Å². The summed E-state index contributed by atoms with van der Waals surface area (Å²) in [4.78, 5) is 32.0. The van der Waals surface area contributed by atoms with Crippen LogP contribution in [0.15, 0.2) is 48.7 Å². The van der Waals surface area contributed by atoms with Crippen LogP contribution in [0.5, 0.6) is 5.75 Å². The largest absolute Gasteiger partial charge is 0.497 e. The highest BCUT2D eigenvalue weighted by Crippen LogP contribution is 2.42. The highest BCUT2D eigenvalue weighted by molar-refractivity contribution is 6.23. The van der Waals surface area contributed by atoms with E-state index in [9.17, 15) is 9.59 Å². The molecule has 150 valence electrons. The van der Waals surface area contributed by atoms with Gasteiger partial charge in [0.25, 0.3) is 11.8 Å². The molecule has 0 radical (unpaired) electrons. The van der Waals surface area contributed by atoms with Crippen molar-refractivity contribution in [2.75, 3.05) is 21.3 Å². The van der Waals surface area contributed by atoms with E-state index in [1.54, 1.807) is 37.3 Å². The van der Waals surface area contributed by atoms with Crippen molar-refractivity contribution < 1.29 is 19.2 Å². The van der Waals surface area contributed by atoms with Crippen LogP contribution in [0.25, 0.3) is 33.4 Å². The van der Waals surface area contributed by atoms with Crippen molar-refractivity contribution in [2.24, 2.45) is 0 Å². The van der Waals surface area contributed by atoms with E-state index in [1.165, 1.54) is 7.05 Å². The molecule has 1 aliphatic heterocycles. The molecule has 0 fully saturated rings. The fraction of sp³-hybridized carbons (Fsp3) is 0.136. The number of ether oxygens (including phenoxy) is 1. The molecule has 0 spiro atoms. The normalized spacial score (nSPS) is 13.2. The predicted molar refractivity (Wildman–Crippen MR) is 110 cm³/mol. The minimum Gasteiger partial charge on any atom is -0.497 e. The van der Waals surface area contributed by atoms with Gasteiger partial charge in [-0.3, -0.25) is 19.6 Å². The maximum absolute atomic E-state index is 12.6. The lowest BCUT2D eigenvalue weighted by Gasteiger charge is -2.11. The third-order valence-electron chi connectivity index (χ3n) is 5.45. The first-order chi connectivity index (χ1) is 14.5. The van der Waals surface area contributed by atoms with Crippen LogP contribution in [0, 0.1) is 0 Å². The number of carbonyl (C=O) groups is 2. The summed E-state index contributed by atoms with van der Waals surface area (Å²) >= 11 is 0. The van der Waals surface area contributed by atoms with Crippen molar-refractivity contribution in [3.05, 3.63) is 59.8 Å². The molecule has 5 rings (SSSR count). The van der Waals surface area contributed by atoms with Crippen LogP contribution in [0.3, 0.4) is 0 Å². The number of nitrogens with zero attached hydrogens (tertiary/aromatic N) is 3. The number of fused-ring (bicyclic) bond motifs is 2. The van der Waals surface area contributed by atoms with Crippen LogP contribution in [-0.4, -0.2) is 52.9 Å². The van der Waals surface area contributed by atoms with Crippen LogP contribution in [0.2, 0.25) is 0 Å². The molecule has 2 aromatic heterocycles. The Morgan fingerprint density at radius 1 is 0.967 bits per heavy atom. The second-order valence-corrected chi connectivity index (χ2v) is 6.98. The van der Waals surface area contributed by atoms with Gasteiger partial charge in [-0.2, -0.15) is 9.83 Å². The van der Waals surface area contributed by atoms with Gasteiger partial charge in [0, 0.05) is 29.8 Å². The van der Waals surface area contributed by atoms with Crippen LogP contribution in [-0.2, 0) is 0 Å². The lowest BCUT2D eigenvalue weighted by Crippen LogP contribution is -2.24. The number of H-pyrrole nitrogens is 1. The van der Waals surface area contributed by atoms with E-state index in [-0.39, 0.29) is 11.8 Å². The topological polar surface area (TPSA) is 89.4 Å². The molecule has 2 aromatic carbocycles. The van der Waals surface area contributed by atoms with Crippen molar-refractivity contribution in [2.45, 2.75) is 0 Å². The lowest BCUT2D eigenvalue weighted by atomic mass is 10.00. The molecule has 0 unspecified atom stereocenters.